The Morgan fingerprint density at radius 3 is 2.14 bits per heavy atom. The molecule has 1 fully saturated rings. The van der Waals surface area contributed by atoms with E-state index in [9.17, 15) is 9.59 Å². The van der Waals surface area contributed by atoms with Gasteiger partial charge in [0.1, 0.15) is 17.6 Å². The number of nitrogens with two attached hydrogens (primary N) is 1. The van der Waals surface area contributed by atoms with E-state index >= 15 is 0 Å². The SMILES string of the molecule is C#Cc1ccc(C2=N[C@@H](c3ccc(Cl)cc3)[C@@H](c3ccc(Cl)cc3)N2C(=O)N2CCN(CC(N)=O)CC2)c(OCC)c1.Cl. The van der Waals surface area contributed by atoms with Gasteiger partial charge in [0.25, 0.3) is 0 Å². The lowest BCUT2D eigenvalue weighted by Crippen LogP contribution is -2.55. The van der Waals surface area contributed by atoms with Crippen LogP contribution in [0.5, 0.6) is 5.75 Å². The van der Waals surface area contributed by atoms with Gasteiger partial charge < -0.3 is 15.4 Å². The third kappa shape index (κ3) is 7.09. The fourth-order valence-corrected chi connectivity index (χ4v) is 5.65. The number of terminal acetylenes is 1. The summed E-state index contributed by atoms with van der Waals surface area (Å²) in [5.41, 5.74) is 8.50. The van der Waals surface area contributed by atoms with E-state index in [-0.39, 0.29) is 25.0 Å². The molecular weight excluding hydrogens is 609 g/mol. The van der Waals surface area contributed by atoms with Crippen LogP contribution in [0.15, 0.2) is 71.7 Å². The number of ether oxygens (including phenoxy) is 1. The van der Waals surface area contributed by atoms with Crippen molar-refractivity contribution in [2.24, 2.45) is 10.7 Å². The zero-order valence-corrected chi connectivity index (χ0v) is 25.9. The van der Waals surface area contributed by atoms with Crippen molar-refractivity contribution in [1.29, 1.82) is 0 Å². The van der Waals surface area contributed by atoms with Crippen LogP contribution in [-0.2, 0) is 4.79 Å². The highest BCUT2D eigenvalue weighted by Gasteiger charge is 2.45. The van der Waals surface area contributed by atoms with Crippen LogP contribution in [0.3, 0.4) is 0 Å². The second kappa shape index (κ2) is 14.2. The van der Waals surface area contributed by atoms with Gasteiger partial charge in [-0.1, -0.05) is 53.4 Å². The molecule has 1 saturated heterocycles. The predicted molar refractivity (Wildman–Crippen MR) is 172 cm³/mol. The van der Waals surface area contributed by atoms with Gasteiger partial charge >= 0.3 is 6.03 Å². The maximum Gasteiger partial charge on any atom is 0.326 e. The Morgan fingerprint density at radius 1 is 0.977 bits per heavy atom. The maximum atomic E-state index is 14.5. The Balaban J connectivity index is 0.00000423. The normalized spacial score (nSPS) is 18.4. The molecule has 5 rings (SSSR count). The molecule has 2 N–H and O–H groups in total. The Bertz CT molecular complexity index is 1530. The molecule has 2 atom stereocenters. The minimum absolute atomic E-state index is 0. The molecule has 0 aromatic heterocycles. The average molecular weight is 641 g/mol. The second-order valence-corrected chi connectivity index (χ2v) is 11.0. The van der Waals surface area contributed by atoms with E-state index < -0.39 is 18.0 Å². The Morgan fingerprint density at radius 2 is 1.58 bits per heavy atom. The van der Waals surface area contributed by atoms with Crippen LogP contribution >= 0.6 is 35.6 Å². The van der Waals surface area contributed by atoms with Gasteiger partial charge in [0, 0.05) is 41.8 Å². The van der Waals surface area contributed by atoms with Crippen molar-refractivity contribution in [3.05, 3.63) is 99.0 Å². The van der Waals surface area contributed by atoms with Crippen molar-refractivity contribution in [1.82, 2.24) is 14.7 Å². The van der Waals surface area contributed by atoms with E-state index in [0.29, 0.717) is 65.5 Å². The van der Waals surface area contributed by atoms with Gasteiger partial charge in [0.15, 0.2) is 0 Å². The third-order valence-electron chi connectivity index (χ3n) is 7.41. The summed E-state index contributed by atoms with van der Waals surface area (Å²) in [7, 11) is 0. The zero-order valence-electron chi connectivity index (χ0n) is 23.6. The number of amidine groups is 1. The smallest absolute Gasteiger partial charge is 0.326 e. The van der Waals surface area contributed by atoms with E-state index in [4.69, 9.17) is 45.1 Å². The number of primary amides is 1. The second-order valence-electron chi connectivity index (χ2n) is 10.1. The molecule has 0 saturated carbocycles. The fraction of sp³-hybridized carbons (Fsp3) is 0.281. The number of urea groups is 1. The third-order valence-corrected chi connectivity index (χ3v) is 7.91. The molecule has 2 aliphatic rings. The first kappa shape index (κ1) is 32.2. The molecule has 3 amide bonds. The van der Waals surface area contributed by atoms with Crippen LogP contribution in [0, 0.1) is 12.3 Å². The first-order valence-electron chi connectivity index (χ1n) is 13.7. The van der Waals surface area contributed by atoms with Gasteiger partial charge in [-0.15, -0.1) is 18.8 Å². The molecule has 0 spiro atoms. The number of amides is 3. The first-order valence-corrected chi connectivity index (χ1v) is 14.5. The molecule has 0 aliphatic carbocycles. The molecule has 0 bridgehead atoms. The van der Waals surface area contributed by atoms with Crippen LogP contribution in [0.25, 0.3) is 0 Å². The molecular formula is C32H32Cl3N5O3. The lowest BCUT2D eigenvalue weighted by molar-refractivity contribution is -0.119. The topological polar surface area (TPSA) is 91.5 Å². The molecule has 11 heteroatoms. The Kier molecular flexibility index (Phi) is 10.6. The summed E-state index contributed by atoms with van der Waals surface area (Å²) in [6.45, 7) is 4.39. The number of rotatable bonds is 7. The molecule has 2 aliphatic heterocycles. The maximum absolute atomic E-state index is 14.5. The molecule has 8 nitrogen and oxygen atoms in total. The standard InChI is InChI=1S/C32H31Cl2N5O3.ClH/c1-3-21-5-14-26(27(19-21)42-4-2)31-36-29(22-6-10-24(33)11-7-22)30(23-8-12-25(34)13-9-23)39(31)32(41)38-17-15-37(16-18-38)20-28(35)40;/h1,5-14,19,29-30H,4,15-18,20H2,2H3,(H2,35,40);1H/t29-,30+;/m0./s1. The van der Waals surface area contributed by atoms with Gasteiger partial charge in [-0.05, 0) is 60.5 Å². The van der Waals surface area contributed by atoms with Crippen molar-refractivity contribution < 1.29 is 14.3 Å². The van der Waals surface area contributed by atoms with E-state index in [1.54, 1.807) is 15.9 Å². The van der Waals surface area contributed by atoms with E-state index in [1.165, 1.54) is 0 Å². The highest BCUT2D eigenvalue weighted by Crippen LogP contribution is 2.45. The summed E-state index contributed by atoms with van der Waals surface area (Å²) in [6.07, 6.45) is 5.69. The minimum Gasteiger partial charge on any atom is -0.493 e. The van der Waals surface area contributed by atoms with Crippen molar-refractivity contribution in [3.63, 3.8) is 0 Å². The van der Waals surface area contributed by atoms with Crippen LogP contribution in [-0.4, -0.2) is 71.8 Å². The molecule has 3 aromatic rings. The van der Waals surface area contributed by atoms with Gasteiger partial charge in [-0.2, -0.15) is 0 Å². The zero-order chi connectivity index (χ0) is 29.8. The van der Waals surface area contributed by atoms with Crippen LogP contribution in [0.2, 0.25) is 10.0 Å². The van der Waals surface area contributed by atoms with E-state index in [2.05, 4.69) is 5.92 Å². The van der Waals surface area contributed by atoms with E-state index in [0.717, 1.165) is 11.1 Å². The highest BCUT2D eigenvalue weighted by molar-refractivity contribution is 6.30. The summed E-state index contributed by atoms with van der Waals surface area (Å²) >= 11 is 12.5. The van der Waals surface area contributed by atoms with Gasteiger partial charge in [-0.25, -0.2) is 4.79 Å². The molecule has 224 valence electrons. The van der Waals surface area contributed by atoms with E-state index in [1.807, 2.05) is 72.5 Å². The number of piperazine rings is 1. The fourth-order valence-electron chi connectivity index (χ4n) is 5.40. The number of carbonyl (C=O) groups excluding carboxylic acids is 2. The summed E-state index contributed by atoms with van der Waals surface area (Å²) in [6, 6.07) is 19.3. The van der Waals surface area contributed by atoms with Gasteiger partial charge in [0.05, 0.1) is 24.8 Å². The molecule has 43 heavy (non-hydrogen) atoms. The summed E-state index contributed by atoms with van der Waals surface area (Å²) in [4.78, 5) is 36.7. The average Bonchev–Trinajstić information content (AvgIpc) is 3.38. The number of carbonyl (C=O) groups is 2. The van der Waals surface area contributed by atoms with Crippen molar-refractivity contribution in [3.8, 4) is 18.1 Å². The molecule has 0 unspecified atom stereocenters. The Labute approximate surface area is 267 Å². The van der Waals surface area contributed by atoms with Crippen molar-refractivity contribution in [2.45, 2.75) is 19.0 Å². The van der Waals surface area contributed by atoms with Gasteiger partial charge in [0.2, 0.25) is 5.91 Å². The summed E-state index contributed by atoms with van der Waals surface area (Å²) in [5, 5.41) is 1.20. The lowest BCUT2D eigenvalue weighted by atomic mass is 9.93. The van der Waals surface area contributed by atoms with Crippen LogP contribution in [0.4, 0.5) is 4.79 Å². The quantitative estimate of drug-likeness (QED) is 0.342. The monoisotopic (exact) mass is 639 g/mol. The van der Waals surface area contributed by atoms with Crippen molar-refractivity contribution >= 4 is 53.4 Å². The lowest BCUT2D eigenvalue weighted by Gasteiger charge is -2.38. The minimum atomic E-state index is -0.489. The first-order chi connectivity index (χ1) is 20.3. The largest absolute Gasteiger partial charge is 0.493 e. The highest BCUT2D eigenvalue weighted by atomic mass is 35.5. The molecule has 3 aromatic carbocycles. The number of hydrogen-bond acceptors (Lipinski definition) is 5. The number of halogens is 3. The summed E-state index contributed by atoms with van der Waals surface area (Å²) < 4.78 is 6.02. The van der Waals surface area contributed by atoms with Crippen molar-refractivity contribution in [2.75, 3.05) is 39.3 Å². The number of aliphatic imine (C=N–C) groups is 1. The van der Waals surface area contributed by atoms with Gasteiger partial charge in [-0.3, -0.25) is 19.6 Å². The Hall–Kier alpha value is -3.74. The molecule has 0 radical (unpaired) electrons. The number of nitrogens with zero attached hydrogens (tertiary/aromatic N) is 4. The molecule has 2 heterocycles. The number of hydrogen-bond donors (Lipinski definition) is 1. The van der Waals surface area contributed by atoms with Crippen LogP contribution < -0.4 is 10.5 Å². The predicted octanol–water partition coefficient (Wildman–Crippen LogP) is 5.56. The van der Waals surface area contributed by atoms with Crippen LogP contribution in [0.1, 0.15) is 41.3 Å². The number of benzene rings is 3. The summed E-state index contributed by atoms with van der Waals surface area (Å²) in [5.74, 6) is 3.29.